The van der Waals surface area contributed by atoms with Gasteiger partial charge in [0, 0.05) is 6.42 Å². The van der Waals surface area contributed by atoms with E-state index in [2.05, 4.69) is 50.4 Å². The number of aliphatic hydroxyl groups is 5. The zero-order chi connectivity index (χ0) is 52.5. The number of allylic oxidation sites excluding steroid dienone is 15. The van der Waals surface area contributed by atoms with Crippen molar-refractivity contribution in [3.63, 3.8) is 0 Å². The molecular formula is C61H103NO10. The lowest BCUT2D eigenvalue weighted by molar-refractivity contribution is -0.305. The fourth-order valence-corrected chi connectivity index (χ4v) is 8.32. The van der Waals surface area contributed by atoms with Crippen molar-refractivity contribution >= 4 is 11.9 Å². The van der Waals surface area contributed by atoms with Crippen molar-refractivity contribution in [1.82, 2.24) is 5.32 Å². The number of unbranched alkanes of at least 4 members (excludes halogenated alkanes) is 23. The van der Waals surface area contributed by atoms with Gasteiger partial charge in [0.15, 0.2) is 12.4 Å². The first-order valence-electron chi connectivity index (χ1n) is 28.6. The number of amides is 1. The molecule has 1 aliphatic heterocycles. The molecule has 8 unspecified atom stereocenters. The largest absolute Gasteiger partial charge is 0.454 e. The molecule has 1 fully saturated rings. The predicted octanol–water partition coefficient (Wildman–Crippen LogP) is 12.8. The molecular weight excluding hydrogens is 907 g/mol. The summed E-state index contributed by atoms with van der Waals surface area (Å²) in [5.74, 6) is -1.26. The summed E-state index contributed by atoms with van der Waals surface area (Å²) >= 11 is 0. The highest BCUT2D eigenvalue weighted by molar-refractivity contribution is 5.80. The minimum Gasteiger partial charge on any atom is -0.454 e. The summed E-state index contributed by atoms with van der Waals surface area (Å²) in [7, 11) is 0. The number of rotatable bonds is 46. The minimum atomic E-state index is -1.64. The molecule has 0 aromatic rings. The number of hydrogen-bond acceptors (Lipinski definition) is 10. The van der Waals surface area contributed by atoms with Crippen LogP contribution in [0.5, 0.6) is 0 Å². The Balaban J connectivity index is 2.80. The number of carbonyl (C=O) groups is 2. The molecule has 1 heterocycles. The van der Waals surface area contributed by atoms with Crippen molar-refractivity contribution < 1.29 is 49.3 Å². The fraction of sp³-hybridized carbons (Fsp3) is 0.705. The van der Waals surface area contributed by atoms with Gasteiger partial charge in [-0.1, -0.05) is 234 Å². The summed E-state index contributed by atoms with van der Waals surface area (Å²) < 4.78 is 17.5. The molecule has 0 radical (unpaired) electrons. The Morgan fingerprint density at radius 2 is 1.01 bits per heavy atom. The molecule has 11 heteroatoms. The number of carbonyl (C=O) groups excluding carboxylic acids is 2. The lowest BCUT2D eigenvalue weighted by Gasteiger charge is -2.41. The van der Waals surface area contributed by atoms with Gasteiger partial charge in [0.25, 0.3) is 0 Å². The number of aliphatic hydroxyl groups excluding tert-OH is 5. The lowest BCUT2D eigenvalue weighted by Crippen LogP contribution is -2.61. The Labute approximate surface area is 437 Å². The lowest BCUT2D eigenvalue weighted by atomic mass is 9.99. The molecule has 0 aromatic carbocycles. The van der Waals surface area contributed by atoms with E-state index in [0.29, 0.717) is 12.8 Å². The van der Waals surface area contributed by atoms with E-state index in [4.69, 9.17) is 14.2 Å². The molecule has 0 saturated carbocycles. The Bertz CT molecular complexity index is 1530. The Morgan fingerprint density at radius 1 is 0.556 bits per heavy atom. The first-order chi connectivity index (χ1) is 35.2. The van der Waals surface area contributed by atoms with Crippen molar-refractivity contribution in [2.24, 2.45) is 0 Å². The van der Waals surface area contributed by atoms with Crippen LogP contribution in [0.25, 0.3) is 0 Å². The van der Waals surface area contributed by atoms with Crippen LogP contribution < -0.4 is 5.32 Å². The maximum Gasteiger partial charge on any atom is 0.306 e. The van der Waals surface area contributed by atoms with Crippen molar-refractivity contribution in [3.8, 4) is 0 Å². The van der Waals surface area contributed by atoms with Gasteiger partial charge in [0.05, 0.1) is 25.4 Å². The van der Waals surface area contributed by atoms with Gasteiger partial charge in [-0.15, -0.1) is 0 Å². The van der Waals surface area contributed by atoms with E-state index < -0.39 is 67.4 Å². The van der Waals surface area contributed by atoms with Crippen LogP contribution in [0.4, 0.5) is 0 Å². The van der Waals surface area contributed by atoms with Crippen molar-refractivity contribution in [2.45, 2.75) is 262 Å². The molecule has 1 amide bonds. The third kappa shape index (κ3) is 36.5. The van der Waals surface area contributed by atoms with E-state index >= 15 is 0 Å². The van der Waals surface area contributed by atoms with E-state index in [9.17, 15) is 35.1 Å². The van der Waals surface area contributed by atoms with Crippen molar-refractivity contribution in [3.05, 3.63) is 97.2 Å². The smallest absolute Gasteiger partial charge is 0.306 e. The number of esters is 1. The van der Waals surface area contributed by atoms with Crippen molar-refractivity contribution in [2.75, 3.05) is 13.2 Å². The number of nitrogens with one attached hydrogen (secondary N) is 1. The number of ether oxygens (including phenoxy) is 3. The molecule has 72 heavy (non-hydrogen) atoms. The SMILES string of the molecule is CC\C=C/C=C/C=C/C=C\C=C\C=C\CCCCCC(=O)OC1C(OCC(NC(=O)C(O)CCCC/C=C\CCCCCCCCC)C(O)/C=C/CCCCCCCCCCCCC)OC(CO)C(O)C1O. The van der Waals surface area contributed by atoms with Crippen LogP contribution in [0, 0.1) is 0 Å². The van der Waals surface area contributed by atoms with Gasteiger partial charge in [-0.3, -0.25) is 9.59 Å². The zero-order valence-electron chi connectivity index (χ0n) is 45.3. The molecule has 0 bridgehead atoms. The van der Waals surface area contributed by atoms with E-state index in [1.54, 1.807) is 6.08 Å². The van der Waals surface area contributed by atoms with Crippen LogP contribution in [0.3, 0.4) is 0 Å². The van der Waals surface area contributed by atoms with Crippen LogP contribution in [-0.4, -0.2) is 99.6 Å². The monoisotopic (exact) mass is 1010 g/mol. The van der Waals surface area contributed by atoms with E-state index in [-0.39, 0.29) is 19.4 Å². The average Bonchev–Trinajstić information content (AvgIpc) is 3.38. The van der Waals surface area contributed by atoms with E-state index in [0.717, 1.165) is 70.6 Å². The maximum absolute atomic E-state index is 13.4. The van der Waals surface area contributed by atoms with Gasteiger partial charge >= 0.3 is 5.97 Å². The second-order valence-corrected chi connectivity index (χ2v) is 19.4. The van der Waals surface area contributed by atoms with Gasteiger partial charge < -0.3 is 45.1 Å². The van der Waals surface area contributed by atoms with Crippen LogP contribution in [0.2, 0.25) is 0 Å². The van der Waals surface area contributed by atoms with Gasteiger partial charge in [0.1, 0.15) is 24.4 Å². The third-order valence-electron chi connectivity index (χ3n) is 12.9. The van der Waals surface area contributed by atoms with Crippen LogP contribution in [-0.2, 0) is 23.8 Å². The van der Waals surface area contributed by atoms with Crippen molar-refractivity contribution in [1.29, 1.82) is 0 Å². The zero-order valence-corrected chi connectivity index (χ0v) is 45.3. The summed E-state index contributed by atoms with van der Waals surface area (Å²) in [4.78, 5) is 26.4. The maximum atomic E-state index is 13.4. The highest BCUT2D eigenvalue weighted by Gasteiger charge is 2.47. The van der Waals surface area contributed by atoms with Crippen LogP contribution >= 0.6 is 0 Å². The standard InChI is InChI=1S/C61H103NO10/c1-4-7-10-13-16-19-22-25-26-27-28-31-34-37-40-43-46-49-56(66)72-59-58(68)57(67)55(50-63)71-61(59)70-51-52(53(64)47-44-41-38-35-32-29-23-20-17-14-11-8-5-2)62-60(69)54(65)48-45-42-39-36-33-30-24-21-18-15-12-9-6-3/h7,10,13,16,19,22,25-28,31,33-34,36,44,47,52-55,57-59,61,63-65,67-68H,4-6,8-9,11-12,14-15,17-18,20-21,23-24,29-30,32,35,37-43,45-46,48-51H2,1-3H3,(H,62,69)/b10-7-,16-13+,22-19+,26-25-,28-27+,34-31+,36-33-,47-44+. The molecule has 0 aliphatic carbocycles. The Hall–Kier alpha value is -3.42. The molecule has 11 nitrogen and oxygen atoms in total. The van der Waals surface area contributed by atoms with Crippen LogP contribution in [0.15, 0.2) is 97.2 Å². The molecule has 1 saturated heterocycles. The third-order valence-corrected chi connectivity index (χ3v) is 12.9. The number of hydrogen-bond donors (Lipinski definition) is 6. The van der Waals surface area contributed by atoms with E-state index in [1.807, 2.05) is 66.8 Å². The molecule has 1 rings (SSSR count). The molecule has 0 spiro atoms. The molecule has 0 aromatic heterocycles. The van der Waals surface area contributed by atoms with Gasteiger partial charge in [-0.2, -0.15) is 0 Å². The molecule has 412 valence electrons. The minimum absolute atomic E-state index is 0.0657. The highest BCUT2D eigenvalue weighted by atomic mass is 16.7. The normalized spacial score (nSPS) is 20.2. The summed E-state index contributed by atoms with van der Waals surface area (Å²) in [5, 5.41) is 56.8. The summed E-state index contributed by atoms with van der Waals surface area (Å²) in [6, 6.07) is -1.05. The highest BCUT2D eigenvalue weighted by Crippen LogP contribution is 2.26. The molecule has 1 aliphatic rings. The molecule has 8 atom stereocenters. The second kappa shape index (κ2) is 48.5. The Morgan fingerprint density at radius 3 is 1.54 bits per heavy atom. The first-order valence-corrected chi connectivity index (χ1v) is 28.6. The first kappa shape index (κ1) is 66.6. The summed E-state index contributed by atoms with van der Waals surface area (Å²) in [5.41, 5.74) is 0. The summed E-state index contributed by atoms with van der Waals surface area (Å²) in [6.45, 7) is 5.58. The van der Waals surface area contributed by atoms with Gasteiger partial charge in [0.2, 0.25) is 5.91 Å². The van der Waals surface area contributed by atoms with Crippen LogP contribution in [0.1, 0.15) is 213 Å². The van der Waals surface area contributed by atoms with Gasteiger partial charge in [-0.05, 0) is 70.6 Å². The Kier molecular flexibility index (Phi) is 44.9. The second-order valence-electron chi connectivity index (χ2n) is 19.4. The van der Waals surface area contributed by atoms with E-state index in [1.165, 1.54) is 96.3 Å². The topological polar surface area (TPSA) is 175 Å². The molecule has 6 N–H and O–H groups in total. The quantitative estimate of drug-likeness (QED) is 0.0149. The predicted molar refractivity (Wildman–Crippen MR) is 296 cm³/mol. The average molecular weight is 1010 g/mol. The summed E-state index contributed by atoms with van der Waals surface area (Å²) in [6.07, 6.45) is 53.0. The fourth-order valence-electron chi connectivity index (χ4n) is 8.32. The van der Waals surface area contributed by atoms with Gasteiger partial charge in [-0.25, -0.2) is 0 Å².